The fraction of sp³-hybridized carbons (Fsp3) is 0.273. The lowest BCUT2D eigenvalue weighted by atomic mass is 9.76. The second-order valence-electron chi connectivity index (χ2n) is 6.89. The third kappa shape index (κ3) is 3.54. The van der Waals surface area contributed by atoms with E-state index in [0.29, 0.717) is 17.8 Å². The molecule has 0 unspecified atom stereocenters. The second-order valence-corrected chi connectivity index (χ2v) is 10.3. The van der Waals surface area contributed by atoms with Crippen molar-refractivity contribution >= 4 is 50.5 Å². The van der Waals surface area contributed by atoms with Gasteiger partial charge in [0, 0.05) is 27.9 Å². The molecule has 1 aromatic heterocycles. The van der Waals surface area contributed by atoms with Crippen LogP contribution in [0.2, 0.25) is 0 Å². The van der Waals surface area contributed by atoms with Gasteiger partial charge in [0.15, 0.2) is 5.78 Å². The third-order valence-electron chi connectivity index (χ3n) is 5.22. The van der Waals surface area contributed by atoms with Crippen LogP contribution in [-0.4, -0.2) is 11.5 Å². The highest BCUT2D eigenvalue weighted by Gasteiger charge is 2.41. The Balaban J connectivity index is 1.96. The minimum absolute atomic E-state index is 0.121. The number of carbonyl (C=O) groups excluding carboxylic acids is 1. The number of thioether (sulfide) groups is 1. The summed E-state index contributed by atoms with van der Waals surface area (Å²) in [7, 11) is 0. The Morgan fingerprint density at radius 1 is 1.38 bits per heavy atom. The number of hydrogen-bond acceptors (Lipinski definition) is 6. The van der Waals surface area contributed by atoms with Gasteiger partial charge < -0.3 is 5.73 Å². The molecule has 1 aliphatic heterocycles. The Labute approximate surface area is 187 Å². The van der Waals surface area contributed by atoms with Gasteiger partial charge >= 0.3 is 0 Å². The van der Waals surface area contributed by atoms with E-state index in [9.17, 15) is 10.1 Å². The predicted octanol–water partition coefficient (Wildman–Crippen LogP) is 5.93. The summed E-state index contributed by atoms with van der Waals surface area (Å²) in [5, 5.41) is 12.1. The number of hydrogen-bond donors (Lipinski definition) is 1. The van der Waals surface area contributed by atoms with Gasteiger partial charge in [0.2, 0.25) is 0 Å². The molecule has 0 fully saturated rings. The van der Waals surface area contributed by atoms with E-state index in [0.717, 1.165) is 49.8 Å². The summed E-state index contributed by atoms with van der Waals surface area (Å²) in [5.74, 6) is 1.09. The smallest absolute Gasteiger partial charge is 0.161 e. The molecule has 0 saturated carbocycles. The van der Waals surface area contributed by atoms with Crippen molar-refractivity contribution in [1.82, 2.24) is 0 Å². The van der Waals surface area contributed by atoms with Crippen LogP contribution in [0.4, 0.5) is 5.69 Å². The topological polar surface area (TPSA) is 70.1 Å². The van der Waals surface area contributed by atoms with E-state index in [1.807, 2.05) is 40.6 Å². The Morgan fingerprint density at radius 2 is 2.21 bits per heavy atom. The van der Waals surface area contributed by atoms with E-state index < -0.39 is 0 Å². The number of Topliss-reactive ketones (excluding diaryl/α,β-unsaturated/α-hetero) is 1. The zero-order chi connectivity index (χ0) is 20.5. The van der Waals surface area contributed by atoms with E-state index in [2.05, 4.69) is 28.9 Å². The van der Waals surface area contributed by atoms with Crippen molar-refractivity contribution in [2.45, 2.75) is 36.3 Å². The van der Waals surface area contributed by atoms with E-state index in [4.69, 9.17) is 5.73 Å². The lowest BCUT2D eigenvalue weighted by Gasteiger charge is -2.39. The lowest BCUT2D eigenvalue weighted by molar-refractivity contribution is -0.116. The summed E-state index contributed by atoms with van der Waals surface area (Å²) < 4.78 is 2.08. The molecule has 4 rings (SSSR count). The quantitative estimate of drug-likeness (QED) is 0.543. The van der Waals surface area contributed by atoms with Crippen LogP contribution in [0, 0.1) is 11.3 Å². The number of benzene rings is 1. The molecule has 1 atom stereocenters. The third-order valence-corrected chi connectivity index (χ3v) is 7.87. The number of allylic oxidation sites excluding steroid dienone is 3. The van der Waals surface area contributed by atoms with Crippen LogP contribution in [0.25, 0.3) is 0 Å². The molecule has 29 heavy (non-hydrogen) atoms. The van der Waals surface area contributed by atoms with Crippen molar-refractivity contribution < 1.29 is 4.79 Å². The number of ketones is 1. The van der Waals surface area contributed by atoms with Crippen molar-refractivity contribution in [3.8, 4) is 6.07 Å². The highest BCUT2D eigenvalue weighted by Crippen LogP contribution is 2.49. The van der Waals surface area contributed by atoms with Gasteiger partial charge in [-0.25, -0.2) is 0 Å². The van der Waals surface area contributed by atoms with Crippen LogP contribution in [0.5, 0.6) is 0 Å². The summed E-state index contributed by atoms with van der Waals surface area (Å²) >= 11 is 6.92. The minimum Gasteiger partial charge on any atom is -0.384 e. The first-order valence-corrected chi connectivity index (χ1v) is 12.1. The molecule has 1 aromatic carbocycles. The first-order chi connectivity index (χ1) is 14.1. The van der Waals surface area contributed by atoms with Crippen molar-refractivity contribution in [2.24, 2.45) is 5.73 Å². The Morgan fingerprint density at radius 3 is 2.93 bits per heavy atom. The van der Waals surface area contributed by atoms with Crippen LogP contribution < -0.4 is 10.6 Å². The largest absolute Gasteiger partial charge is 0.384 e. The van der Waals surface area contributed by atoms with Gasteiger partial charge in [-0.3, -0.25) is 9.69 Å². The van der Waals surface area contributed by atoms with Crippen molar-refractivity contribution in [3.63, 3.8) is 0 Å². The number of carbonyl (C=O) groups is 1. The van der Waals surface area contributed by atoms with Crippen LogP contribution in [0.3, 0.4) is 0 Å². The molecular formula is C22H20BrN3OS2. The van der Waals surface area contributed by atoms with Crippen molar-refractivity contribution in [3.05, 3.63) is 68.4 Å². The number of nitrogens with two attached hydrogens (primary N) is 1. The number of thiophene rings is 1. The number of rotatable bonds is 4. The fourth-order valence-corrected chi connectivity index (χ4v) is 6.53. The summed E-state index contributed by atoms with van der Waals surface area (Å²) in [5.41, 5.74) is 10.6. The summed E-state index contributed by atoms with van der Waals surface area (Å²) in [6.45, 7) is 2.11. The maximum Gasteiger partial charge on any atom is 0.161 e. The summed E-state index contributed by atoms with van der Waals surface area (Å²) in [6.07, 6.45) is 2.08. The van der Waals surface area contributed by atoms with Gasteiger partial charge in [0.1, 0.15) is 5.82 Å². The molecule has 2 aromatic rings. The highest BCUT2D eigenvalue weighted by atomic mass is 79.9. The summed E-state index contributed by atoms with van der Waals surface area (Å²) in [6, 6.07) is 12.2. The van der Waals surface area contributed by atoms with Crippen molar-refractivity contribution in [1.29, 1.82) is 5.26 Å². The van der Waals surface area contributed by atoms with Gasteiger partial charge in [0.25, 0.3) is 0 Å². The molecule has 0 bridgehead atoms. The Hall–Kier alpha value is -2.01. The molecule has 7 heteroatoms. The maximum absolute atomic E-state index is 13.1. The molecule has 1 aliphatic carbocycles. The van der Waals surface area contributed by atoms with E-state index in [1.54, 1.807) is 23.1 Å². The van der Waals surface area contributed by atoms with Crippen LogP contribution in [-0.2, 0) is 4.79 Å². The van der Waals surface area contributed by atoms with Crippen LogP contribution in [0.15, 0.2) is 67.1 Å². The fourth-order valence-electron chi connectivity index (χ4n) is 4.08. The molecule has 2 aliphatic rings. The number of halogens is 1. The maximum atomic E-state index is 13.1. The number of anilines is 1. The monoisotopic (exact) mass is 485 g/mol. The van der Waals surface area contributed by atoms with Gasteiger partial charge in [-0.15, -0.1) is 23.1 Å². The zero-order valence-electron chi connectivity index (χ0n) is 15.9. The van der Waals surface area contributed by atoms with Gasteiger partial charge in [0.05, 0.1) is 21.8 Å². The molecule has 0 spiro atoms. The van der Waals surface area contributed by atoms with Crippen LogP contribution in [0.1, 0.15) is 37.7 Å². The minimum atomic E-state index is -0.383. The normalized spacial score (nSPS) is 19.4. The van der Waals surface area contributed by atoms with E-state index in [-0.39, 0.29) is 11.7 Å². The SMILES string of the molecule is CCSc1sccc1[C@@H]1C(C#N)=C(N)N(c2cccc(Br)c2)C2=C1C(=O)CCC2. The average Bonchev–Trinajstić information content (AvgIpc) is 3.15. The van der Waals surface area contributed by atoms with Crippen molar-refractivity contribution in [2.75, 3.05) is 10.7 Å². The zero-order valence-corrected chi connectivity index (χ0v) is 19.2. The highest BCUT2D eigenvalue weighted by molar-refractivity contribution is 9.10. The molecule has 2 N–H and O–H groups in total. The second kappa shape index (κ2) is 8.39. The van der Waals surface area contributed by atoms with Gasteiger partial charge in [-0.1, -0.05) is 28.9 Å². The number of nitrogens with zero attached hydrogens (tertiary/aromatic N) is 2. The molecule has 0 radical (unpaired) electrons. The summed E-state index contributed by atoms with van der Waals surface area (Å²) in [4.78, 5) is 15.1. The predicted molar refractivity (Wildman–Crippen MR) is 123 cm³/mol. The molecule has 4 nitrogen and oxygen atoms in total. The van der Waals surface area contributed by atoms with E-state index in [1.165, 1.54) is 0 Å². The standard InChI is InChI=1S/C22H20BrN3OS2/c1-2-28-22-15(9-10-29-22)19-16(12-24)21(25)26(14-6-3-5-13(23)11-14)17-7-4-8-18(27)20(17)19/h3,5-6,9-11,19H,2,4,7-8,25H2,1H3/t19-/m1/s1. The van der Waals surface area contributed by atoms with E-state index >= 15 is 0 Å². The lowest BCUT2D eigenvalue weighted by Crippen LogP contribution is -2.38. The van der Waals surface area contributed by atoms with Crippen LogP contribution >= 0.6 is 39.0 Å². The Kier molecular flexibility index (Phi) is 5.86. The first-order valence-electron chi connectivity index (χ1n) is 9.48. The molecule has 0 saturated heterocycles. The molecule has 148 valence electrons. The average molecular weight is 486 g/mol. The van der Waals surface area contributed by atoms with Gasteiger partial charge in [-0.05, 0) is 53.8 Å². The first kappa shape index (κ1) is 20.3. The Bertz CT molecular complexity index is 1080. The molecular weight excluding hydrogens is 466 g/mol. The number of nitriles is 1. The molecule has 0 amide bonds. The molecule has 2 heterocycles. The van der Waals surface area contributed by atoms with Gasteiger partial charge in [-0.2, -0.15) is 5.26 Å².